The zero-order valence-corrected chi connectivity index (χ0v) is 28.2. The predicted molar refractivity (Wildman–Crippen MR) is 167 cm³/mol. The Morgan fingerprint density at radius 3 is 1.38 bits per heavy atom. The maximum atomic E-state index is 11.7. The summed E-state index contributed by atoms with van der Waals surface area (Å²) in [5.41, 5.74) is 15.2. The van der Waals surface area contributed by atoms with Gasteiger partial charge in [0.05, 0.1) is 72.7 Å². The molecule has 0 N–H and O–H groups in total. The molecule has 0 saturated carbocycles. The molecule has 0 aromatic carbocycles. The molecule has 0 aliphatic rings. The van der Waals surface area contributed by atoms with Gasteiger partial charge in [0, 0.05) is 49.5 Å². The molecule has 0 radical (unpaired) electrons. The van der Waals surface area contributed by atoms with E-state index in [1.54, 1.807) is 7.05 Å². The first-order valence-corrected chi connectivity index (χ1v) is 15.0. The molecule has 0 saturated heterocycles. The van der Waals surface area contributed by atoms with Crippen LogP contribution in [0.1, 0.15) is 54.4 Å². The molecule has 0 fully saturated rings. The van der Waals surface area contributed by atoms with Gasteiger partial charge in [0.15, 0.2) is 0 Å². The van der Waals surface area contributed by atoms with Gasteiger partial charge in [0.1, 0.15) is 11.2 Å². The van der Waals surface area contributed by atoms with Crippen molar-refractivity contribution < 1.29 is 47.5 Å². The van der Waals surface area contributed by atoms with Crippen LogP contribution in [0.4, 0.5) is 4.79 Å². The van der Waals surface area contributed by atoms with Gasteiger partial charge in [-0.1, -0.05) is 10.2 Å². The normalized spacial score (nSPS) is 11.0. The Morgan fingerprint density at radius 1 is 0.600 bits per heavy atom. The number of carbonyl (C=O) groups is 2. The molecule has 0 spiro atoms. The van der Waals surface area contributed by atoms with Crippen LogP contribution in [0.25, 0.3) is 20.9 Å². The number of hydrogen-bond donors (Lipinski definition) is 0. The van der Waals surface area contributed by atoms with E-state index in [1.807, 2.05) is 41.5 Å². The minimum Gasteiger partial charge on any atom is -0.460 e. The molecule has 17 nitrogen and oxygen atoms in total. The molecule has 0 aromatic heterocycles. The third-order valence-corrected chi connectivity index (χ3v) is 4.65. The fourth-order valence-corrected chi connectivity index (χ4v) is 2.73. The minimum atomic E-state index is -0.497. The van der Waals surface area contributed by atoms with Gasteiger partial charge in [-0.05, 0) is 59.0 Å². The van der Waals surface area contributed by atoms with Gasteiger partial charge in [-0.3, -0.25) is 4.79 Å². The SMILES string of the molecule is CC(C)(C)OC(=O)CCCOCCOCCOCCN=[N+]=[N-].CN(CCOCCOCCOCCN=[N+]=[N-])C(=O)OC(C)(C)C. The lowest BCUT2D eigenvalue weighted by Gasteiger charge is -2.24. The summed E-state index contributed by atoms with van der Waals surface area (Å²) in [7, 11) is 1.67. The smallest absolute Gasteiger partial charge is 0.410 e. The van der Waals surface area contributed by atoms with E-state index in [9.17, 15) is 9.59 Å². The number of azide groups is 2. The number of carbonyl (C=O) groups excluding carboxylic acids is 2. The van der Waals surface area contributed by atoms with Crippen LogP contribution in [0.5, 0.6) is 0 Å². The number of hydrogen-bond acceptors (Lipinski definition) is 12. The van der Waals surface area contributed by atoms with Crippen molar-refractivity contribution in [1.82, 2.24) is 4.90 Å². The van der Waals surface area contributed by atoms with Crippen molar-refractivity contribution in [2.75, 3.05) is 106 Å². The third-order valence-electron chi connectivity index (χ3n) is 4.65. The van der Waals surface area contributed by atoms with Gasteiger partial charge < -0.3 is 42.8 Å². The highest BCUT2D eigenvalue weighted by molar-refractivity contribution is 5.69. The summed E-state index contributed by atoms with van der Waals surface area (Å²) in [5, 5.41) is 6.68. The molecular formula is C28H55N7O10. The molecule has 1 amide bonds. The molecule has 0 aliphatic heterocycles. The fourth-order valence-electron chi connectivity index (χ4n) is 2.73. The molecule has 262 valence electrons. The summed E-state index contributed by atoms with van der Waals surface area (Å²) >= 11 is 0. The quantitative estimate of drug-likeness (QED) is 0.0438. The van der Waals surface area contributed by atoms with Gasteiger partial charge in [0.2, 0.25) is 0 Å². The number of ether oxygens (including phenoxy) is 8. The number of rotatable bonds is 25. The highest BCUT2D eigenvalue weighted by Gasteiger charge is 2.19. The van der Waals surface area contributed by atoms with Crippen molar-refractivity contribution in [3.05, 3.63) is 20.9 Å². The number of nitrogens with zero attached hydrogens (tertiary/aromatic N) is 7. The molecule has 0 bridgehead atoms. The highest BCUT2D eigenvalue weighted by atomic mass is 16.6. The Kier molecular flexibility index (Phi) is 29.3. The van der Waals surface area contributed by atoms with Crippen molar-refractivity contribution in [2.45, 2.75) is 65.6 Å². The second kappa shape index (κ2) is 29.8. The lowest BCUT2D eigenvalue weighted by atomic mass is 10.2. The monoisotopic (exact) mass is 649 g/mol. The number of amides is 1. The fraction of sp³-hybridized carbons (Fsp3) is 0.929. The maximum absolute atomic E-state index is 11.7. The Hall–Kier alpha value is -2.88. The molecule has 0 atom stereocenters. The average Bonchev–Trinajstić information content (AvgIpc) is 2.94. The standard InChI is InChI=1S/C14H28N4O5.C14H27N3O5/c1-14(2,3)23-13(19)18(4)6-8-21-10-12-22-11-9-20-7-5-16-17-15;1-14(2,3)22-13(18)5-4-7-19-9-11-21-12-10-20-8-6-16-17-15/h5-12H2,1-4H3;4-12H2,1-3H3. The van der Waals surface area contributed by atoms with E-state index in [4.69, 9.17) is 49.0 Å². The van der Waals surface area contributed by atoms with Gasteiger partial charge in [0.25, 0.3) is 0 Å². The van der Waals surface area contributed by atoms with E-state index in [0.717, 1.165) is 0 Å². The molecule has 0 aliphatic carbocycles. The van der Waals surface area contributed by atoms with Crippen molar-refractivity contribution in [1.29, 1.82) is 0 Å². The van der Waals surface area contributed by atoms with E-state index < -0.39 is 11.2 Å². The lowest BCUT2D eigenvalue weighted by molar-refractivity contribution is -0.155. The first kappa shape index (κ1) is 44.2. The second-order valence-electron chi connectivity index (χ2n) is 11.2. The van der Waals surface area contributed by atoms with Gasteiger partial charge in [-0.2, -0.15) is 0 Å². The minimum absolute atomic E-state index is 0.203. The van der Waals surface area contributed by atoms with Crippen molar-refractivity contribution >= 4 is 12.1 Å². The molecule has 0 unspecified atom stereocenters. The van der Waals surface area contributed by atoms with Crippen LogP contribution in [0.3, 0.4) is 0 Å². The van der Waals surface area contributed by atoms with E-state index in [2.05, 4.69) is 20.1 Å². The van der Waals surface area contributed by atoms with E-state index >= 15 is 0 Å². The first-order chi connectivity index (χ1) is 21.3. The van der Waals surface area contributed by atoms with Crippen LogP contribution >= 0.6 is 0 Å². The van der Waals surface area contributed by atoms with Gasteiger partial charge in [-0.15, -0.1) is 0 Å². The Balaban J connectivity index is 0. The summed E-state index contributed by atoms with van der Waals surface area (Å²) < 4.78 is 42.1. The summed E-state index contributed by atoms with van der Waals surface area (Å²) in [6.45, 7) is 17.5. The molecular weight excluding hydrogens is 594 g/mol. The van der Waals surface area contributed by atoms with Crippen LogP contribution in [0.2, 0.25) is 0 Å². The largest absolute Gasteiger partial charge is 0.460 e. The van der Waals surface area contributed by atoms with Crippen molar-refractivity contribution in [3.8, 4) is 0 Å². The maximum Gasteiger partial charge on any atom is 0.410 e. The van der Waals surface area contributed by atoms with Gasteiger partial charge in [-0.25, -0.2) is 4.79 Å². The van der Waals surface area contributed by atoms with E-state index in [0.29, 0.717) is 112 Å². The van der Waals surface area contributed by atoms with E-state index in [-0.39, 0.29) is 12.1 Å². The predicted octanol–water partition coefficient (Wildman–Crippen LogP) is 4.68. The first-order valence-electron chi connectivity index (χ1n) is 15.0. The molecule has 0 aromatic rings. The Bertz CT molecular complexity index is 841. The summed E-state index contributed by atoms with van der Waals surface area (Å²) in [5.74, 6) is -0.203. The molecule has 17 heteroatoms. The van der Waals surface area contributed by atoms with E-state index in [1.165, 1.54) is 4.90 Å². The molecule has 0 heterocycles. The number of esters is 1. The van der Waals surface area contributed by atoms with Crippen molar-refractivity contribution in [2.24, 2.45) is 10.2 Å². The average molecular weight is 650 g/mol. The Labute approximate surface area is 267 Å². The zero-order chi connectivity index (χ0) is 34.2. The summed E-state index contributed by atoms with van der Waals surface area (Å²) in [6.07, 6.45) is 0.629. The topological polar surface area (TPSA) is 209 Å². The van der Waals surface area contributed by atoms with Crippen LogP contribution < -0.4 is 0 Å². The summed E-state index contributed by atoms with van der Waals surface area (Å²) in [6, 6.07) is 0. The van der Waals surface area contributed by atoms with Gasteiger partial charge >= 0.3 is 12.1 Å². The molecule has 0 rings (SSSR count). The Morgan fingerprint density at radius 2 is 0.978 bits per heavy atom. The van der Waals surface area contributed by atoms with Crippen LogP contribution in [-0.2, 0) is 42.7 Å². The zero-order valence-electron chi connectivity index (χ0n) is 28.2. The highest BCUT2D eigenvalue weighted by Crippen LogP contribution is 2.09. The lowest BCUT2D eigenvalue weighted by Crippen LogP contribution is -2.36. The second-order valence-corrected chi connectivity index (χ2v) is 11.2. The number of likely N-dealkylation sites (N-methyl/N-ethyl adjacent to an activating group) is 1. The van der Waals surface area contributed by atoms with Crippen LogP contribution in [-0.4, -0.2) is 134 Å². The van der Waals surface area contributed by atoms with Crippen LogP contribution in [0.15, 0.2) is 10.2 Å². The van der Waals surface area contributed by atoms with Crippen LogP contribution in [0, 0.1) is 0 Å². The van der Waals surface area contributed by atoms with Crippen molar-refractivity contribution in [3.63, 3.8) is 0 Å². The third kappa shape index (κ3) is 39.1. The summed E-state index contributed by atoms with van der Waals surface area (Å²) in [4.78, 5) is 29.8. The molecule has 45 heavy (non-hydrogen) atoms.